The number of aromatic amines is 1. The van der Waals surface area contributed by atoms with E-state index in [0.29, 0.717) is 22.4 Å². The molecule has 3 aromatic rings. The molecule has 0 atom stereocenters. The highest BCUT2D eigenvalue weighted by molar-refractivity contribution is 5.92. The Balaban J connectivity index is 2.25. The number of benzene rings is 2. The minimum absolute atomic E-state index is 0.0882. The van der Waals surface area contributed by atoms with Crippen LogP contribution in [0.25, 0.3) is 22.0 Å². The summed E-state index contributed by atoms with van der Waals surface area (Å²) >= 11 is 0. The number of fused-ring (bicyclic) bond motifs is 1. The van der Waals surface area contributed by atoms with Crippen LogP contribution < -0.4 is 10.3 Å². The van der Waals surface area contributed by atoms with Gasteiger partial charge in [0.25, 0.3) is 5.56 Å². The van der Waals surface area contributed by atoms with E-state index in [2.05, 4.69) is 4.98 Å². The van der Waals surface area contributed by atoms with Gasteiger partial charge in [-0.2, -0.15) is 0 Å². The number of nitrogens with one attached hydrogen (secondary N) is 1. The first-order valence-electron chi connectivity index (χ1n) is 6.29. The molecule has 5 heteroatoms. The molecule has 0 aliphatic carbocycles. The van der Waals surface area contributed by atoms with Crippen molar-refractivity contribution in [2.75, 3.05) is 7.11 Å². The summed E-state index contributed by atoms with van der Waals surface area (Å²) in [7, 11) is 1.55. The highest BCUT2D eigenvalue weighted by Crippen LogP contribution is 2.33. The topological polar surface area (TPSA) is 62.3 Å². The molecular formula is C16H12FNO3. The second-order valence-corrected chi connectivity index (χ2v) is 4.60. The molecule has 21 heavy (non-hydrogen) atoms. The summed E-state index contributed by atoms with van der Waals surface area (Å²) in [6.45, 7) is 0. The second kappa shape index (κ2) is 4.94. The maximum Gasteiger partial charge on any atom is 0.256 e. The molecule has 1 aromatic heterocycles. The van der Waals surface area contributed by atoms with Gasteiger partial charge < -0.3 is 14.8 Å². The molecule has 0 unspecified atom stereocenters. The predicted molar refractivity (Wildman–Crippen MR) is 78.2 cm³/mol. The Bertz CT molecular complexity index is 869. The fourth-order valence-electron chi connectivity index (χ4n) is 2.25. The lowest BCUT2D eigenvalue weighted by Crippen LogP contribution is -2.08. The van der Waals surface area contributed by atoms with Crippen LogP contribution in [0.2, 0.25) is 0 Å². The summed E-state index contributed by atoms with van der Waals surface area (Å²) in [5, 5.41) is 10.7. The Morgan fingerprint density at radius 3 is 2.48 bits per heavy atom. The number of aromatic hydroxyl groups is 1. The Labute approximate surface area is 119 Å². The lowest BCUT2D eigenvalue weighted by molar-refractivity contribution is 0.415. The highest BCUT2D eigenvalue weighted by Gasteiger charge is 2.12. The maximum absolute atomic E-state index is 13.2. The SMILES string of the molecule is COc1ccc(-c2[nH]c(=O)c3cc(F)ccc3c2O)cc1. The first-order chi connectivity index (χ1) is 10.1. The predicted octanol–water partition coefficient (Wildman–Crippen LogP) is 3.05. The number of hydrogen-bond donors (Lipinski definition) is 2. The quantitative estimate of drug-likeness (QED) is 0.760. The standard InChI is InChI=1S/C16H12FNO3/c1-21-11-5-2-9(3-6-11)14-15(19)12-7-4-10(17)8-13(12)16(20)18-14/h2-8,19H,1H3,(H,18,20). The van der Waals surface area contributed by atoms with E-state index in [0.717, 1.165) is 6.07 Å². The molecule has 4 nitrogen and oxygen atoms in total. The molecule has 0 amide bonds. The van der Waals surface area contributed by atoms with Gasteiger partial charge in [-0.3, -0.25) is 4.79 Å². The van der Waals surface area contributed by atoms with Gasteiger partial charge in [0, 0.05) is 10.9 Å². The van der Waals surface area contributed by atoms with E-state index in [1.165, 1.54) is 12.1 Å². The lowest BCUT2D eigenvalue weighted by atomic mass is 10.1. The third-order valence-electron chi connectivity index (χ3n) is 3.34. The van der Waals surface area contributed by atoms with Crippen molar-refractivity contribution in [2.45, 2.75) is 0 Å². The van der Waals surface area contributed by atoms with E-state index in [1.807, 2.05) is 0 Å². The molecule has 2 N–H and O–H groups in total. The highest BCUT2D eigenvalue weighted by atomic mass is 19.1. The normalized spacial score (nSPS) is 10.8. The van der Waals surface area contributed by atoms with Crippen molar-refractivity contribution in [1.29, 1.82) is 0 Å². The van der Waals surface area contributed by atoms with Gasteiger partial charge in [-0.15, -0.1) is 0 Å². The van der Waals surface area contributed by atoms with E-state index < -0.39 is 11.4 Å². The smallest absolute Gasteiger partial charge is 0.256 e. The van der Waals surface area contributed by atoms with Gasteiger partial charge in [0.1, 0.15) is 17.3 Å². The molecular weight excluding hydrogens is 273 g/mol. The average molecular weight is 285 g/mol. The van der Waals surface area contributed by atoms with Crippen LogP contribution in [0.15, 0.2) is 47.3 Å². The Kier molecular flexibility index (Phi) is 3.10. The Morgan fingerprint density at radius 1 is 1.10 bits per heavy atom. The molecule has 3 rings (SSSR count). The molecule has 0 radical (unpaired) electrons. The number of H-pyrrole nitrogens is 1. The third kappa shape index (κ3) is 2.23. The summed E-state index contributed by atoms with van der Waals surface area (Å²) in [4.78, 5) is 14.6. The van der Waals surface area contributed by atoms with Crippen molar-refractivity contribution in [3.8, 4) is 22.8 Å². The van der Waals surface area contributed by atoms with E-state index in [-0.39, 0.29) is 11.1 Å². The van der Waals surface area contributed by atoms with Gasteiger partial charge in [-0.25, -0.2) is 4.39 Å². The average Bonchev–Trinajstić information content (AvgIpc) is 2.51. The largest absolute Gasteiger partial charge is 0.505 e. The van der Waals surface area contributed by atoms with Crippen molar-refractivity contribution in [1.82, 2.24) is 4.98 Å². The molecule has 0 aliphatic heterocycles. The fourth-order valence-corrected chi connectivity index (χ4v) is 2.25. The van der Waals surface area contributed by atoms with Crippen molar-refractivity contribution in [3.05, 3.63) is 58.6 Å². The number of methoxy groups -OCH3 is 1. The van der Waals surface area contributed by atoms with Crippen LogP contribution in [0.5, 0.6) is 11.5 Å². The molecule has 0 aliphatic rings. The van der Waals surface area contributed by atoms with Crippen molar-refractivity contribution in [3.63, 3.8) is 0 Å². The zero-order valence-corrected chi connectivity index (χ0v) is 11.2. The summed E-state index contributed by atoms with van der Waals surface area (Å²) < 4.78 is 18.3. The number of ether oxygens (including phenoxy) is 1. The summed E-state index contributed by atoms with van der Waals surface area (Å²) in [6.07, 6.45) is 0. The monoisotopic (exact) mass is 285 g/mol. The molecule has 1 heterocycles. The first-order valence-corrected chi connectivity index (χ1v) is 6.29. The maximum atomic E-state index is 13.2. The van der Waals surface area contributed by atoms with E-state index in [4.69, 9.17) is 4.74 Å². The number of halogens is 1. The number of aromatic nitrogens is 1. The van der Waals surface area contributed by atoms with Gasteiger partial charge in [0.2, 0.25) is 0 Å². The number of hydrogen-bond acceptors (Lipinski definition) is 3. The molecule has 0 spiro atoms. The zero-order valence-electron chi connectivity index (χ0n) is 11.2. The van der Waals surface area contributed by atoms with Crippen molar-refractivity contribution < 1.29 is 14.2 Å². The number of rotatable bonds is 2. The Hall–Kier alpha value is -2.82. The van der Waals surface area contributed by atoms with Gasteiger partial charge in [-0.1, -0.05) is 0 Å². The minimum atomic E-state index is -0.524. The van der Waals surface area contributed by atoms with Crippen LogP contribution in [-0.2, 0) is 0 Å². The summed E-state index contributed by atoms with van der Waals surface area (Å²) in [5.74, 6) is 0.0582. The van der Waals surface area contributed by atoms with Crippen LogP contribution in [0.1, 0.15) is 0 Å². The molecule has 106 valence electrons. The van der Waals surface area contributed by atoms with Crippen LogP contribution >= 0.6 is 0 Å². The van der Waals surface area contributed by atoms with E-state index in [1.54, 1.807) is 31.4 Å². The summed E-state index contributed by atoms with van der Waals surface area (Å²) in [6, 6.07) is 10.6. The van der Waals surface area contributed by atoms with Crippen molar-refractivity contribution in [2.24, 2.45) is 0 Å². The number of pyridine rings is 1. The summed E-state index contributed by atoms with van der Waals surface area (Å²) in [5.41, 5.74) is 0.478. The van der Waals surface area contributed by atoms with Gasteiger partial charge >= 0.3 is 0 Å². The van der Waals surface area contributed by atoms with Crippen molar-refractivity contribution >= 4 is 10.8 Å². The zero-order chi connectivity index (χ0) is 15.0. The van der Waals surface area contributed by atoms with Gasteiger partial charge in [-0.05, 0) is 42.5 Å². The van der Waals surface area contributed by atoms with Crippen LogP contribution in [0.4, 0.5) is 4.39 Å². The first kappa shape index (κ1) is 13.2. The van der Waals surface area contributed by atoms with Gasteiger partial charge in [0.15, 0.2) is 0 Å². The molecule has 2 aromatic carbocycles. The molecule has 0 fully saturated rings. The fraction of sp³-hybridized carbons (Fsp3) is 0.0625. The lowest BCUT2D eigenvalue weighted by Gasteiger charge is -2.09. The van der Waals surface area contributed by atoms with Crippen LogP contribution in [-0.4, -0.2) is 17.2 Å². The van der Waals surface area contributed by atoms with Gasteiger partial charge in [0.05, 0.1) is 18.2 Å². The molecule has 0 saturated heterocycles. The van der Waals surface area contributed by atoms with Crippen LogP contribution in [0, 0.1) is 5.82 Å². The van der Waals surface area contributed by atoms with Crippen LogP contribution in [0.3, 0.4) is 0 Å². The van der Waals surface area contributed by atoms with E-state index >= 15 is 0 Å². The Morgan fingerprint density at radius 2 is 1.81 bits per heavy atom. The second-order valence-electron chi connectivity index (χ2n) is 4.60. The van der Waals surface area contributed by atoms with E-state index in [9.17, 15) is 14.3 Å². The third-order valence-corrected chi connectivity index (χ3v) is 3.34. The minimum Gasteiger partial charge on any atom is -0.505 e. The molecule has 0 saturated carbocycles. The molecule has 0 bridgehead atoms.